The molecule has 1 aliphatic heterocycles. The maximum Gasteiger partial charge on any atom is 0.241 e. The lowest BCUT2D eigenvalue weighted by molar-refractivity contribution is -0.0596. The Hall–Kier alpha value is -1.10. The van der Waals surface area contributed by atoms with E-state index in [0.717, 1.165) is 12.3 Å². The molecule has 3 N–H and O–H groups in total. The van der Waals surface area contributed by atoms with Gasteiger partial charge in [0.05, 0.1) is 6.20 Å². The molecule has 0 radical (unpaired) electrons. The fourth-order valence-electron chi connectivity index (χ4n) is 2.79. The number of primary sulfonamides is 1. The number of rotatable bonds is 6. The Morgan fingerprint density at radius 2 is 2.24 bits per heavy atom. The molecule has 3 unspecified atom stereocenters. The van der Waals surface area contributed by atoms with Crippen molar-refractivity contribution in [2.45, 2.75) is 30.3 Å². The van der Waals surface area contributed by atoms with Crippen molar-refractivity contribution < 1.29 is 26.3 Å². The Kier molecular flexibility index (Phi) is 6.18. The summed E-state index contributed by atoms with van der Waals surface area (Å²) in [7, 11) is -3.99. The average Bonchev–Trinajstić information content (AvgIpc) is 2.52. The highest BCUT2D eigenvalue weighted by atomic mass is 35.5. The number of hydrogen-bond acceptors (Lipinski definition) is 5. The van der Waals surface area contributed by atoms with Crippen molar-refractivity contribution in [3.05, 3.63) is 17.3 Å². The molecule has 25 heavy (non-hydrogen) atoms. The van der Waals surface area contributed by atoms with Crippen molar-refractivity contribution >= 4 is 21.6 Å². The highest BCUT2D eigenvalue weighted by Gasteiger charge is 2.47. The second-order valence-corrected chi connectivity index (χ2v) is 8.05. The summed E-state index contributed by atoms with van der Waals surface area (Å²) in [6, 6.07) is 1.03. The number of sulfonamides is 1. The van der Waals surface area contributed by atoms with Gasteiger partial charge in [-0.2, -0.15) is 0 Å². The smallest absolute Gasteiger partial charge is 0.241 e. The van der Waals surface area contributed by atoms with Gasteiger partial charge in [-0.1, -0.05) is 18.5 Å². The molecule has 1 aromatic heterocycles. The number of alkyl halides is 3. The van der Waals surface area contributed by atoms with Gasteiger partial charge in [0.1, 0.15) is 16.5 Å². The van der Waals surface area contributed by atoms with Crippen molar-refractivity contribution in [2.75, 3.05) is 19.7 Å². The van der Waals surface area contributed by atoms with Gasteiger partial charge < -0.3 is 10.1 Å². The number of halogens is 4. The molecule has 0 bridgehead atoms. The van der Waals surface area contributed by atoms with Crippen LogP contribution in [0.2, 0.25) is 5.02 Å². The summed E-state index contributed by atoms with van der Waals surface area (Å²) < 4.78 is 69.0. The Labute approximate surface area is 148 Å². The van der Waals surface area contributed by atoms with E-state index < -0.39 is 40.6 Å². The first-order valence-electron chi connectivity index (χ1n) is 7.53. The standard InChI is InChI=1S/C14H19ClF3N3O3S/c1-8(12(16)17)10-6-20-3-2-14(10,18)7-24-13-11(15)4-9(5-21-13)25(19,22)23/h4-5,8,10,12,20H,2-3,6-7H2,1H3,(H2,19,22,23). The zero-order valence-corrected chi connectivity index (χ0v) is 15.0. The number of aromatic nitrogens is 1. The van der Waals surface area contributed by atoms with Crippen LogP contribution in [0, 0.1) is 11.8 Å². The molecule has 1 fully saturated rings. The molecule has 1 saturated heterocycles. The van der Waals surface area contributed by atoms with E-state index in [9.17, 15) is 17.2 Å². The molecule has 142 valence electrons. The zero-order chi connectivity index (χ0) is 18.8. The molecule has 11 heteroatoms. The Morgan fingerprint density at radius 3 is 2.80 bits per heavy atom. The molecule has 0 aromatic carbocycles. The van der Waals surface area contributed by atoms with Gasteiger partial charge in [-0.15, -0.1) is 0 Å². The van der Waals surface area contributed by atoms with Gasteiger partial charge in [0.15, 0.2) is 5.67 Å². The van der Waals surface area contributed by atoms with Crippen LogP contribution in [0.3, 0.4) is 0 Å². The lowest BCUT2D eigenvalue weighted by Crippen LogP contribution is -2.54. The zero-order valence-electron chi connectivity index (χ0n) is 13.4. The summed E-state index contributed by atoms with van der Waals surface area (Å²) in [6.45, 7) is 1.22. The van der Waals surface area contributed by atoms with Gasteiger partial charge in [-0.25, -0.2) is 31.7 Å². The van der Waals surface area contributed by atoms with Crippen molar-refractivity contribution in [1.82, 2.24) is 10.3 Å². The highest BCUT2D eigenvalue weighted by Crippen LogP contribution is 2.37. The summed E-state index contributed by atoms with van der Waals surface area (Å²) in [5.41, 5.74) is -1.98. The van der Waals surface area contributed by atoms with Gasteiger partial charge in [0, 0.05) is 18.4 Å². The van der Waals surface area contributed by atoms with Crippen LogP contribution in [0.25, 0.3) is 0 Å². The first-order valence-corrected chi connectivity index (χ1v) is 9.46. The van der Waals surface area contributed by atoms with E-state index in [1.807, 2.05) is 0 Å². The maximum atomic E-state index is 15.2. The predicted octanol–water partition coefficient (Wildman–Crippen LogP) is 1.98. The van der Waals surface area contributed by atoms with Crippen LogP contribution in [-0.2, 0) is 10.0 Å². The number of nitrogens with zero attached hydrogens (tertiary/aromatic N) is 1. The summed E-state index contributed by atoms with van der Waals surface area (Å²) in [5, 5.41) is 7.71. The lowest BCUT2D eigenvalue weighted by Gasteiger charge is -2.40. The van der Waals surface area contributed by atoms with Crippen LogP contribution >= 0.6 is 11.6 Å². The normalized spacial score (nSPS) is 25.8. The predicted molar refractivity (Wildman–Crippen MR) is 86.1 cm³/mol. The fourth-order valence-corrected chi connectivity index (χ4v) is 3.56. The lowest BCUT2D eigenvalue weighted by atomic mass is 9.76. The van der Waals surface area contributed by atoms with Crippen molar-refractivity contribution in [3.8, 4) is 5.88 Å². The highest BCUT2D eigenvalue weighted by molar-refractivity contribution is 7.89. The van der Waals surface area contributed by atoms with Crippen LogP contribution in [0.4, 0.5) is 13.2 Å². The van der Waals surface area contributed by atoms with E-state index in [1.165, 1.54) is 6.92 Å². The van der Waals surface area contributed by atoms with Crippen molar-refractivity contribution in [2.24, 2.45) is 17.0 Å². The van der Waals surface area contributed by atoms with E-state index in [2.05, 4.69) is 10.3 Å². The largest absolute Gasteiger partial charge is 0.473 e. The Bertz CT molecular complexity index is 723. The minimum atomic E-state index is -3.99. The van der Waals surface area contributed by atoms with Crippen LogP contribution in [0.15, 0.2) is 17.2 Å². The van der Waals surface area contributed by atoms with Crippen LogP contribution in [-0.4, -0.2) is 45.2 Å². The minimum absolute atomic E-state index is 0.00160. The fraction of sp³-hybridized carbons (Fsp3) is 0.643. The molecule has 2 rings (SSSR count). The topological polar surface area (TPSA) is 94.3 Å². The first kappa shape index (κ1) is 20.2. The third-order valence-electron chi connectivity index (χ3n) is 4.34. The molecule has 0 amide bonds. The van der Waals surface area contributed by atoms with Gasteiger partial charge in [-0.3, -0.25) is 0 Å². The average molecular weight is 402 g/mol. The number of pyridine rings is 1. The van der Waals surface area contributed by atoms with Gasteiger partial charge in [0.25, 0.3) is 0 Å². The van der Waals surface area contributed by atoms with E-state index in [-0.39, 0.29) is 28.8 Å². The number of hydrogen-bond donors (Lipinski definition) is 2. The second-order valence-electron chi connectivity index (χ2n) is 6.08. The molecule has 3 atom stereocenters. The Morgan fingerprint density at radius 1 is 1.56 bits per heavy atom. The van der Waals surface area contributed by atoms with E-state index in [1.54, 1.807) is 0 Å². The molecular formula is C14H19ClF3N3O3S. The van der Waals surface area contributed by atoms with Gasteiger partial charge in [-0.05, 0) is 19.0 Å². The van der Waals surface area contributed by atoms with Gasteiger partial charge >= 0.3 is 0 Å². The molecule has 0 spiro atoms. The van der Waals surface area contributed by atoms with E-state index in [4.69, 9.17) is 21.5 Å². The minimum Gasteiger partial charge on any atom is -0.473 e. The number of piperidine rings is 1. The van der Waals surface area contributed by atoms with E-state index >= 15 is 4.39 Å². The van der Waals surface area contributed by atoms with Crippen LogP contribution in [0.1, 0.15) is 13.3 Å². The number of nitrogens with two attached hydrogens (primary N) is 1. The number of ether oxygens (including phenoxy) is 1. The molecular weight excluding hydrogens is 383 g/mol. The van der Waals surface area contributed by atoms with Crippen LogP contribution < -0.4 is 15.2 Å². The van der Waals surface area contributed by atoms with Gasteiger partial charge in [0.2, 0.25) is 22.3 Å². The molecule has 6 nitrogen and oxygen atoms in total. The monoisotopic (exact) mass is 401 g/mol. The third kappa shape index (κ3) is 4.75. The first-order chi connectivity index (χ1) is 11.5. The quantitative estimate of drug-likeness (QED) is 0.760. The summed E-state index contributed by atoms with van der Waals surface area (Å²) in [6.07, 6.45) is -1.72. The maximum absolute atomic E-state index is 15.2. The molecule has 0 saturated carbocycles. The number of nitrogens with one attached hydrogen (secondary N) is 1. The molecule has 2 heterocycles. The third-order valence-corrected chi connectivity index (χ3v) is 5.49. The van der Waals surface area contributed by atoms with E-state index in [0.29, 0.717) is 6.54 Å². The van der Waals surface area contributed by atoms with Crippen molar-refractivity contribution in [1.29, 1.82) is 0 Å². The SMILES string of the molecule is CC(C(F)F)C1CNCCC1(F)COc1ncc(S(N)(=O)=O)cc1Cl. The summed E-state index contributed by atoms with van der Waals surface area (Å²) in [5.74, 6) is -2.29. The summed E-state index contributed by atoms with van der Waals surface area (Å²) in [4.78, 5) is 3.41. The van der Waals surface area contributed by atoms with Crippen LogP contribution in [0.5, 0.6) is 5.88 Å². The Balaban J connectivity index is 2.15. The molecule has 0 aliphatic carbocycles. The second kappa shape index (κ2) is 7.65. The molecule has 1 aliphatic rings. The van der Waals surface area contributed by atoms with Crippen molar-refractivity contribution in [3.63, 3.8) is 0 Å². The molecule has 1 aromatic rings. The summed E-state index contributed by atoms with van der Waals surface area (Å²) >= 11 is 5.89.